The van der Waals surface area contributed by atoms with Gasteiger partial charge in [0.25, 0.3) is 0 Å². The average Bonchev–Trinajstić information content (AvgIpc) is 2.40. The van der Waals surface area contributed by atoms with Crippen molar-refractivity contribution in [3.63, 3.8) is 0 Å². The summed E-state index contributed by atoms with van der Waals surface area (Å²) >= 11 is 1.60. The maximum Gasteiger partial charge on any atom is 0.209 e. The fraction of sp³-hybridized carbons (Fsp3) is 0.214. The number of aromatic nitrogens is 3. The minimum absolute atomic E-state index is 0.717. The third-order valence-electron chi connectivity index (χ3n) is 2.31. The van der Waals surface area contributed by atoms with Crippen molar-refractivity contribution in [3.8, 4) is 11.3 Å². The van der Waals surface area contributed by atoms with Gasteiger partial charge in [-0.15, -0.1) is 5.10 Å². The molecule has 0 saturated carbocycles. The summed E-state index contributed by atoms with van der Waals surface area (Å²) < 4.78 is 0. The van der Waals surface area contributed by atoms with Crippen LogP contribution in [0.25, 0.3) is 11.3 Å². The Hall–Kier alpha value is -1.68. The minimum atomic E-state index is 0.717. The van der Waals surface area contributed by atoms with E-state index in [1.807, 2.05) is 30.3 Å². The number of hydrogen-bond donors (Lipinski definition) is 0. The average molecular weight is 257 g/mol. The number of thioether (sulfide) groups is 1. The van der Waals surface area contributed by atoms with E-state index in [4.69, 9.17) is 0 Å². The van der Waals surface area contributed by atoms with Gasteiger partial charge in [-0.2, -0.15) is 5.10 Å². The molecule has 0 unspecified atom stereocenters. The quantitative estimate of drug-likeness (QED) is 0.619. The zero-order valence-corrected chi connectivity index (χ0v) is 11.3. The van der Waals surface area contributed by atoms with E-state index >= 15 is 0 Å². The molecule has 2 aromatic rings. The monoisotopic (exact) mass is 257 g/mol. The van der Waals surface area contributed by atoms with Crippen molar-refractivity contribution in [2.24, 2.45) is 0 Å². The number of hydrogen-bond acceptors (Lipinski definition) is 4. The Morgan fingerprint density at radius 3 is 2.72 bits per heavy atom. The van der Waals surface area contributed by atoms with E-state index in [0.717, 1.165) is 17.0 Å². The van der Waals surface area contributed by atoms with Gasteiger partial charge in [-0.05, 0) is 13.8 Å². The molecule has 18 heavy (non-hydrogen) atoms. The summed E-state index contributed by atoms with van der Waals surface area (Å²) in [7, 11) is 0. The molecule has 0 spiro atoms. The molecule has 0 fully saturated rings. The van der Waals surface area contributed by atoms with E-state index in [9.17, 15) is 0 Å². The Balaban J connectivity index is 2.13. The fourth-order valence-corrected chi connectivity index (χ4v) is 2.21. The number of benzene rings is 1. The predicted octanol–water partition coefficient (Wildman–Crippen LogP) is 3.60. The molecule has 0 saturated heterocycles. The molecule has 3 nitrogen and oxygen atoms in total. The minimum Gasteiger partial charge on any atom is -0.219 e. The van der Waals surface area contributed by atoms with Crippen LogP contribution in [0.3, 0.4) is 0 Å². The first-order chi connectivity index (χ1) is 8.75. The third kappa shape index (κ3) is 3.67. The van der Waals surface area contributed by atoms with E-state index in [2.05, 4.69) is 35.1 Å². The molecular formula is C14H15N3S. The lowest BCUT2D eigenvalue weighted by atomic mass is 10.2. The Morgan fingerprint density at radius 2 is 2.00 bits per heavy atom. The Kier molecular flexibility index (Phi) is 4.47. The Morgan fingerprint density at radius 1 is 1.22 bits per heavy atom. The third-order valence-corrected chi connectivity index (χ3v) is 3.08. The van der Waals surface area contributed by atoms with Gasteiger partial charge in [0.15, 0.2) is 0 Å². The zero-order valence-electron chi connectivity index (χ0n) is 10.5. The second-order valence-electron chi connectivity index (χ2n) is 4.08. The first-order valence-corrected chi connectivity index (χ1v) is 6.75. The van der Waals surface area contributed by atoms with Crippen LogP contribution < -0.4 is 0 Å². The van der Waals surface area contributed by atoms with Crippen molar-refractivity contribution < 1.29 is 0 Å². The molecule has 92 valence electrons. The highest BCUT2D eigenvalue weighted by molar-refractivity contribution is 7.99. The standard InChI is InChI=1S/C14H15N3S/c1-11(2)8-9-18-14-16-13(10-15-17-14)12-6-4-3-5-7-12/h3-8,10H,9H2,1-2H3. The number of nitrogens with zero attached hydrogens (tertiary/aromatic N) is 3. The van der Waals surface area contributed by atoms with Crippen LogP contribution in [0.15, 0.2) is 53.3 Å². The van der Waals surface area contributed by atoms with Crippen molar-refractivity contribution in [1.82, 2.24) is 15.2 Å². The predicted molar refractivity (Wildman–Crippen MR) is 75.4 cm³/mol. The summed E-state index contributed by atoms with van der Waals surface area (Å²) in [6.45, 7) is 4.17. The van der Waals surface area contributed by atoms with Gasteiger partial charge in [0.05, 0.1) is 11.9 Å². The molecule has 0 bridgehead atoms. The highest BCUT2D eigenvalue weighted by Gasteiger charge is 2.02. The second kappa shape index (κ2) is 6.31. The smallest absolute Gasteiger partial charge is 0.209 e. The van der Waals surface area contributed by atoms with E-state index in [0.29, 0.717) is 5.16 Å². The van der Waals surface area contributed by atoms with Crippen molar-refractivity contribution >= 4 is 11.8 Å². The first-order valence-electron chi connectivity index (χ1n) is 5.77. The lowest BCUT2D eigenvalue weighted by Gasteiger charge is -2.01. The zero-order chi connectivity index (χ0) is 12.8. The maximum absolute atomic E-state index is 4.50. The number of rotatable bonds is 4. The summed E-state index contributed by atoms with van der Waals surface area (Å²) in [6, 6.07) is 10.0. The van der Waals surface area contributed by atoms with Crippen LogP contribution in [-0.2, 0) is 0 Å². The lowest BCUT2D eigenvalue weighted by molar-refractivity contribution is 0.845. The molecule has 0 radical (unpaired) electrons. The van der Waals surface area contributed by atoms with Crippen molar-refractivity contribution in [2.45, 2.75) is 19.0 Å². The first kappa shape index (κ1) is 12.8. The molecule has 0 aliphatic heterocycles. The largest absolute Gasteiger partial charge is 0.219 e. The molecule has 1 aromatic carbocycles. The topological polar surface area (TPSA) is 38.7 Å². The van der Waals surface area contributed by atoms with E-state index in [1.54, 1.807) is 18.0 Å². The molecule has 0 atom stereocenters. The van der Waals surface area contributed by atoms with Crippen molar-refractivity contribution in [1.29, 1.82) is 0 Å². The Labute approximate surface area is 111 Å². The van der Waals surface area contributed by atoms with E-state index in [1.165, 1.54) is 5.57 Å². The van der Waals surface area contributed by atoms with Crippen LogP contribution in [-0.4, -0.2) is 20.9 Å². The molecule has 2 rings (SSSR count). The van der Waals surface area contributed by atoms with E-state index in [-0.39, 0.29) is 0 Å². The SMILES string of the molecule is CC(C)=CCSc1nncc(-c2ccccc2)n1. The van der Waals surface area contributed by atoms with Gasteiger partial charge in [-0.1, -0.05) is 53.7 Å². The summed E-state index contributed by atoms with van der Waals surface area (Å²) in [5.41, 5.74) is 3.23. The van der Waals surface area contributed by atoms with Crippen LogP contribution in [0.5, 0.6) is 0 Å². The van der Waals surface area contributed by atoms with Crippen LogP contribution in [0.4, 0.5) is 0 Å². The second-order valence-corrected chi connectivity index (χ2v) is 5.07. The van der Waals surface area contributed by atoms with Gasteiger partial charge in [0.1, 0.15) is 0 Å². The molecule has 0 aliphatic rings. The van der Waals surface area contributed by atoms with Crippen molar-refractivity contribution in [2.75, 3.05) is 5.75 Å². The van der Waals surface area contributed by atoms with Gasteiger partial charge in [-0.3, -0.25) is 0 Å². The molecule has 0 aliphatic carbocycles. The highest BCUT2D eigenvalue weighted by atomic mass is 32.2. The maximum atomic E-state index is 4.50. The summed E-state index contributed by atoms with van der Waals surface area (Å²) in [4.78, 5) is 4.50. The van der Waals surface area contributed by atoms with Crippen LogP contribution in [0, 0.1) is 0 Å². The van der Waals surface area contributed by atoms with Crippen molar-refractivity contribution in [3.05, 3.63) is 48.2 Å². The highest BCUT2D eigenvalue weighted by Crippen LogP contribution is 2.18. The summed E-state index contributed by atoms with van der Waals surface area (Å²) in [6.07, 6.45) is 3.85. The molecule has 0 N–H and O–H groups in total. The molecular weight excluding hydrogens is 242 g/mol. The van der Waals surface area contributed by atoms with Crippen LogP contribution >= 0.6 is 11.8 Å². The molecule has 0 amide bonds. The lowest BCUT2D eigenvalue weighted by Crippen LogP contribution is -1.93. The van der Waals surface area contributed by atoms with Gasteiger partial charge in [0.2, 0.25) is 5.16 Å². The summed E-state index contributed by atoms with van der Waals surface area (Å²) in [5, 5.41) is 8.76. The van der Waals surface area contributed by atoms with Crippen LogP contribution in [0.2, 0.25) is 0 Å². The van der Waals surface area contributed by atoms with Gasteiger partial charge < -0.3 is 0 Å². The Bertz CT molecular complexity index is 534. The fourth-order valence-electron chi connectivity index (χ4n) is 1.38. The normalized spacial score (nSPS) is 10.1. The van der Waals surface area contributed by atoms with Gasteiger partial charge in [-0.25, -0.2) is 4.98 Å². The molecule has 4 heteroatoms. The van der Waals surface area contributed by atoms with Crippen LogP contribution in [0.1, 0.15) is 13.8 Å². The number of allylic oxidation sites excluding steroid dienone is 1. The summed E-state index contributed by atoms with van der Waals surface area (Å²) in [5.74, 6) is 0.877. The van der Waals surface area contributed by atoms with Gasteiger partial charge >= 0.3 is 0 Å². The molecule has 1 heterocycles. The molecule has 1 aromatic heterocycles. The van der Waals surface area contributed by atoms with E-state index < -0.39 is 0 Å². The van der Waals surface area contributed by atoms with Gasteiger partial charge in [0, 0.05) is 11.3 Å².